The van der Waals surface area contributed by atoms with Crippen LogP contribution in [0.4, 0.5) is 4.79 Å². The third kappa shape index (κ3) is 9.39. The molecule has 2 N–H and O–H groups in total. The number of nitrogens with one attached hydrogen (secondary N) is 1. The van der Waals surface area contributed by atoms with Crippen LogP contribution in [0.5, 0.6) is 0 Å². The second kappa shape index (κ2) is 9.46. The zero-order valence-electron chi connectivity index (χ0n) is 14.2. The van der Waals surface area contributed by atoms with Crippen LogP contribution in [0, 0.1) is 5.92 Å². The van der Waals surface area contributed by atoms with E-state index in [1.807, 2.05) is 13.8 Å². The van der Waals surface area contributed by atoms with E-state index >= 15 is 0 Å². The number of alkyl carbamates (subject to hydrolysis) is 1. The zero-order valence-corrected chi connectivity index (χ0v) is 14.2. The van der Waals surface area contributed by atoms with Gasteiger partial charge in [0.1, 0.15) is 11.6 Å². The molecule has 6 nitrogen and oxygen atoms in total. The van der Waals surface area contributed by atoms with Crippen molar-refractivity contribution >= 4 is 12.1 Å². The largest absolute Gasteiger partial charge is 0.480 e. The van der Waals surface area contributed by atoms with E-state index in [2.05, 4.69) is 11.9 Å². The third-order valence-electron chi connectivity index (χ3n) is 2.90. The lowest BCUT2D eigenvalue weighted by Crippen LogP contribution is -2.44. The lowest BCUT2D eigenvalue weighted by Gasteiger charge is -2.24. The number of carbonyl (C=O) groups excluding carboxylic acids is 1. The standard InChI is InChI=1S/C16H29NO5/c1-7-10-21-13(11(2)3)9-8-12(14(18)19)17-15(20)22-16(4,5)6/h7,11-13H,1,8-10H2,2-6H3,(H,17,20)(H,18,19)/t12-,13?/m0/s1. The van der Waals surface area contributed by atoms with Crippen molar-refractivity contribution in [3.63, 3.8) is 0 Å². The predicted molar refractivity (Wildman–Crippen MR) is 84.8 cm³/mol. The van der Waals surface area contributed by atoms with Crippen LogP contribution in [-0.2, 0) is 14.3 Å². The van der Waals surface area contributed by atoms with Gasteiger partial charge in [-0.05, 0) is 39.5 Å². The van der Waals surface area contributed by atoms with E-state index in [0.29, 0.717) is 13.0 Å². The molecule has 0 saturated heterocycles. The van der Waals surface area contributed by atoms with Gasteiger partial charge >= 0.3 is 12.1 Å². The van der Waals surface area contributed by atoms with Gasteiger partial charge in [-0.2, -0.15) is 0 Å². The molecule has 1 amide bonds. The molecule has 0 aromatic rings. The van der Waals surface area contributed by atoms with E-state index in [1.165, 1.54) is 0 Å². The SMILES string of the molecule is C=CCOC(CC[C@H](NC(=O)OC(C)(C)C)C(=O)O)C(C)C. The minimum atomic E-state index is -1.09. The first-order chi connectivity index (χ1) is 10.1. The Labute approximate surface area is 132 Å². The maximum atomic E-state index is 11.7. The van der Waals surface area contributed by atoms with E-state index in [0.717, 1.165) is 0 Å². The molecule has 0 bridgehead atoms. The van der Waals surface area contributed by atoms with Gasteiger partial charge in [-0.25, -0.2) is 9.59 Å². The summed E-state index contributed by atoms with van der Waals surface area (Å²) in [5.74, 6) is -0.840. The maximum absolute atomic E-state index is 11.7. The van der Waals surface area contributed by atoms with Gasteiger partial charge in [0.25, 0.3) is 0 Å². The number of carbonyl (C=O) groups is 2. The van der Waals surface area contributed by atoms with E-state index < -0.39 is 23.7 Å². The van der Waals surface area contributed by atoms with Gasteiger partial charge in [0.2, 0.25) is 0 Å². The van der Waals surface area contributed by atoms with Crippen LogP contribution < -0.4 is 5.32 Å². The molecule has 0 spiro atoms. The number of hydrogen-bond donors (Lipinski definition) is 2. The highest BCUT2D eigenvalue weighted by Gasteiger charge is 2.25. The molecular formula is C16H29NO5. The van der Waals surface area contributed by atoms with Gasteiger partial charge in [0.15, 0.2) is 0 Å². The van der Waals surface area contributed by atoms with Crippen molar-refractivity contribution in [2.75, 3.05) is 6.61 Å². The summed E-state index contributed by atoms with van der Waals surface area (Å²) in [5.41, 5.74) is -0.666. The summed E-state index contributed by atoms with van der Waals surface area (Å²) in [5, 5.41) is 11.6. The molecule has 22 heavy (non-hydrogen) atoms. The van der Waals surface area contributed by atoms with Crippen molar-refractivity contribution in [3.05, 3.63) is 12.7 Å². The van der Waals surface area contributed by atoms with E-state index in [1.54, 1.807) is 26.8 Å². The Hall–Kier alpha value is -1.56. The highest BCUT2D eigenvalue weighted by atomic mass is 16.6. The molecule has 1 unspecified atom stereocenters. The summed E-state index contributed by atoms with van der Waals surface area (Å²) >= 11 is 0. The highest BCUT2D eigenvalue weighted by molar-refractivity contribution is 5.79. The highest BCUT2D eigenvalue weighted by Crippen LogP contribution is 2.15. The molecule has 0 aliphatic rings. The quantitative estimate of drug-likeness (QED) is 0.639. The molecule has 0 aromatic carbocycles. The normalized spacial score (nSPS) is 14.3. The lowest BCUT2D eigenvalue weighted by atomic mass is 9.99. The number of ether oxygens (including phenoxy) is 2. The van der Waals surface area contributed by atoms with Crippen LogP contribution in [0.25, 0.3) is 0 Å². The summed E-state index contributed by atoms with van der Waals surface area (Å²) in [6.07, 6.45) is 1.64. The minimum absolute atomic E-state index is 0.0831. The maximum Gasteiger partial charge on any atom is 0.408 e. The average molecular weight is 315 g/mol. The Balaban J connectivity index is 4.54. The van der Waals surface area contributed by atoms with Crippen molar-refractivity contribution < 1.29 is 24.2 Å². The molecular weight excluding hydrogens is 286 g/mol. The fraction of sp³-hybridized carbons (Fsp3) is 0.750. The molecule has 0 aliphatic heterocycles. The van der Waals surface area contributed by atoms with Crippen molar-refractivity contribution in [1.29, 1.82) is 0 Å². The Bertz CT molecular complexity index is 373. The molecule has 0 heterocycles. The smallest absolute Gasteiger partial charge is 0.408 e. The van der Waals surface area contributed by atoms with E-state index in [4.69, 9.17) is 9.47 Å². The van der Waals surface area contributed by atoms with Gasteiger partial charge in [0, 0.05) is 0 Å². The topological polar surface area (TPSA) is 84.9 Å². The zero-order chi connectivity index (χ0) is 17.3. The van der Waals surface area contributed by atoms with Gasteiger partial charge in [-0.1, -0.05) is 19.9 Å². The van der Waals surface area contributed by atoms with Crippen molar-refractivity contribution in [1.82, 2.24) is 5.32 Å². The predicted octanol–water partition coefficient (Wildman–Crippen LogP) is 2.97. The van der Waals surface area contributed by atoms with Crippen LogP contribution in [0.1, 0.15) is 47.5 Å². The molecule has 0 fully saturated rings. The molecule has 2 atom stereocenters. The first-order valence-corrected chi connectivity index (χ1v) is 7.51. The van der Waals surface area contributed by atoms with E-state index in [9.17, 15) is 14.7 Å². The van der Waals surface area contributed by atoms with E-state index in [-0.39, 0.29) is 18.4 Å². The van der Waals surface area contributed by atoms with Gasteiger partial charge in [-0.15, -0.1) is 6.58 Å². The Morgan fingerprint density at radius 3 is 2.27 bits per heavy atom. The Morgan fingerprint density at radius 1 is 1.27 bits per heavy atom. The van der Waals surface area contributed by atoms with Gasteiger partial charge in [-0.3, -0.25) is 0 Å². The van der Waals surface area contributed by atoms with Crippen molar-refractivity contribution in [2.24, 2.45) is 5.92 Å². The number of hydrogen-bond acceptors (Lipinski definition) is 4. The first kappa shape index (κ1) is 20.4. The summed E-state index contributed by atoms with van der Waals surface area (Å²) in [6.45, 7) is 13.2. The molecule has 0 radical (unpaired) electrons. The second-order valence-electron chi connectivity index (χ2n) is 6.52. The van der Waals surface area contributed by atoms with Crippen LogP contribution in [-0.4, -0.2) is 41.5 Å². The third-order valence-corrected chi connectivity index (χ3v) is 2.90. The fourth-order valence-corrected chi connectivity index (χ4v) is 1.84. The first-order valence-electron chi connectivity index (χ1n) is 7.51. The molecule has 0 aromatic heterocycles. The van der Waals surface area contributed by atoms with Crippen molar-refractivity contribution in [2.45, 2.75) is 65.2 Å². The molecule has 0 rings (SSSR count). The second-order valence-corrected chi connectivity index (χ2v) is 6.52. The molecule has 0 saturated carbocycles. The number of aliphatic carboxylic acids is 1. The number of amides is 1. The molecule has 0 aliphatic carbocycles. The summed E-state index contributed by atoms with van der Waals surface area (Å²) in [6, 6.07) is -0.997. The van der Waals surface area contributed by atoms with Crippen molar-refractivity contribution in [3.8, 4) is 0 Å². The number of carboxylic acid groups (broad SMARTS) is 1. The summed E-state index contributed by atoms with van der Waals surface area (Å²) in [4.78, 5) is 23.0. The van der Waals surface area contributed by atoms with Crippen LogP contribution >= 0.6 is 0 Å². The Morgan fingerprint density at radius 2 is 1.86 bits per heavy atom. The number of carboxylic acids is 1. The molecule has 6 heteroatoms. The lowest BCUT2D eigenvalue weighted by molar-refractivity contribution is -0.139. The monoisotopic (exact) mass is 315 g/mol. The van der Waals surface area contributed by atoms with Gasteiger partial charge in [0.05, 0.1) is 12.7 Å². The average Bonchev–Trinajstić information content (AvgIpc) is 2.34. The number of rotatable bonds is 9. The minimum Gasteiger partial charge on any atom is -0.480 e. The van der Waals surface area contributed by atoms with Crippen LogP contribution in [0.3, 0.4) is 0 Å². The molecule has 128 valence electrons. The fourth-order valence-electron chi connectivity index (χ4n) is 1.84. The van der Waals surface area contributed by atoms with Crippen LogP contribution in [0.2, 0.25) is 0 Å². The van der Waals surface area contributed by atoms with Gasteiger partial charge < -0.3 is 19.9 Å². The summed E-state index contributed by atoms with van der Waals surface area (Å²) < 4.78 is 10.7. The van der Waals surface area contributed by atoms with Crippen LogP contribution in [0.15, 0.2) is 12.7 Å². The Kier molecular flexibility index (Phi) is 8.79. The summed E-state index contributed by atoms with van der Waals surface area (Å²) in [7, 11) is 0.